The lowest BCUT2D eigenvalue weighted by atomic mass is 9.60. The standard InChI is InChI=1S/C18H31N3O/c1-20(2)17(22)19-16-12-18(13-16)8-10-21(11-9-18)14-15-6-4-3-5-7-15/h3-4,15-16H,5-14H2,1-2H3,(H,19,22)/t15-/m0/s1. The summed E-state index contributed by atoms with van der Waals surface area (Å²) in [6.07, 6.45) is 13.6. The van der Waals surface area contributed by atoms with Crippen LogP contribution in [0.15, 0.2) is 12.2 Å². The number of amides is 2. The summed E-state index contributed by atoms with van der Waals surface area (Å²) in [5.74, 6) is 0.882. The van der Waals surface area contributed by atoms with Crippen LogP contribution in [0.5, 0.6) is 0 Å². The second-order valence-electron chi connectivity index (χ2n) is 7.90. The maximum Gasteiger partial charge on any atom is 0.317 e. The van der Waals surface area contributed by atoms with Gasteiger partial charge in [0.2, 0.25) is 0 Å². The van der Waals surface area contributed by atoms with Crippen LogP contribution in [0.1, 0.15) is 44.9 Å². The highest BCUT2D eigenvalue weighted by Crippen LogP contribution is 2.49. The van der Waals surface area contributed by atoms with Crippen molar-refractivity contribution >= 4 is 6.03 Å². The highest BCUT2D eigenvalue weighted by Gasteiger charge is 2.46. The number of piperidine rings is 1. The van der Waals surface area contributed by atoms with Gasteiger partial charge in [0.15, 0.2) is 0 Å². The number of hydrogen-bond acceptors (Lipinski definition) is 2. The molecule has 3 aliphatic rings. The first kappa shape index (κ1) is 15.9. The van der Waals surface area contributed by atoms with Crippen LogP contribution in [0.4, 0.5) is 4.79 Å². The van der Waals surface area contributed by atoms with Crippen molar-refractivity contribution in [1.82, 2.24) is 15.1 Å². The van der Waals surface area contributed by atoms with Gasteiger partial charge in [-0.1, -0.05) is 12.2 Å². The molecule has 0 bridgehead atoms. The number of urea groups is 1. The van der Waals surface area contributed by atoms with Crippen LogP contribution in [0.25, 0.3) is 0 Å². The van der Waals surface area contributed by atoms with E-state index in [0.717, 1.165) is 5.92 Å². The first-order chi connectivity index (χ1) is 10.6. The Kier molecular flexibility index (Phi) is 4.76. The third kappa shape index (κ3) is 3.65. The van der Waals surface area contributed by atoms with E-state index in [2.05, 4.69) is 22.4 Å². The summed E-state index contributed by atoms with van der Waals surface area (Å²) in [6.45, 7) is 3.81. The van der Waals surface area contributed by atoms with Gasteiger partial charge in [0.25, 0.3) is 0 Å². The van der Waals surface area contributed by atoms with Gasteiger partial charge in [-0.15, -0.1) is 0 Å². The lowest BCUT2D eigenvalue weighted by Crippen LogP contribution is -2.56. The first-order valence-corrected chi connectivity index (χ1v) is 8.91. The molecule has 4 nitrogen and oxygen atoms in total. The SMILES string of the molecule is CN(C)C(=O)NC1CC2(CCN(C[C@H]3CC=CCC3)CC2)C1. The summed E-state index contributed by atoms with van der Waals surface area (Å²) in [7, 11) is 3.62. The summed E-state index contributed by atoms with van der Waals surface area (Å²) in [5, 5.41) is 3.13. The van der Waals surface area contributed by atoms with E-state index < -0.39 is 0 Å². The molecule has 124 valence electrons. The molecule has 0 aromatic heterocycles. The average Bonchev–Trinajstić information content (AvgIpc) is 2.48. The zero-order chi connectivity index (χ0) is 15.6. The molecule has 2 amide bonds. The summed E-state index contributed by atoms with van der Waals surface area (Å²) in [4.78, 5) is 16.0. The number of carbonyl (C=O) groups is 1. The second kappa shape index (κ2) is 6.61. The average molecular weight is 305 g/mol. The highest BCUT2D eigenvalue weighted by atomic mass is 16.2. The zero-order valence-corrected chi connectivity index (χ0v) is 14.2. The minimum atomic E-state index is 0.0580. The summed E-state index contributed by atoms with van der Waals surface area (Å²) < 4.78 is 0. The molecular formula is C18H31N3O. The maximum absolute atomic E-state index is 11.7. The Morgan fingerprint density at radius 3 is 2.59 bits per heavy atom. The number of nitrogens with one attached hydrogen (secondary N) is 1. The Labute approximate surface area is 134 Å². The fourth-order valence-corrected chi connectivity index (χ4v) is 4.40. The fraction of sp³-hybridized carbons (Fsp3) is 0.833. The molecule has 1 spiro atoms. The number of rotatable bonds is 3. The number of likely N-dealkylation sites (tertiary alicyclic amines) is 1. The Morgan fingerprint density at radius 1 is 1.27 bits per heavy atom. The van der Waals surface area contributed by atoms with Crippen molar-refractivity contribution in [3.05, 3.63) is 12.2 Å². The molecule has 1 saturated heterocycles. The van der Waals surface area contributed by atoms with Gasteiger partial charge >= 0.3 is 6.03 Å². The molecule has 0 aromatic carbocycles. The van der Waals surface area contributed by atoms with Gasteiger partial charge in [-0.3, -0.25) is 0 Å². The van der Waals surface area contributed by atoms with E-state index in [1.165, 1.54) is 64.6 Å². The molecule has 3 rings (SSSR count). The molecule has 1 heterocycles. The van der Waals surface area contributed by atoms with Gasteiger partial charge in [0.1, 0.15) is 0 Å². The predicted molar refractivity (Wildman–Crippen MR) is 89.8 cm³/mol. The van der Waals surface area contributed by atoms with Crippen molar-refractivity contribution in [2.24, 2.45) is 11.3 Å². The van der Waals surface area contributed by atoms with Crippen molar-refractivity contribution < 1.29 is 4.79 Å². The normalized spacial score (nSPS) is 28.4. The quantitative estimate of drug-likeness (QED) is 0.814. The van der Waals surface area contributed by atoms with E-state index in [-0.39, 0.29) is 6.03 Å². The summed E-state index contributed by atoms with van der Waals surface area (Å²) in [5.41, 5.74) is 0.535. The lowest BCUT2D eigenvalue weighted by Gasteiger charge is -2.52. The monoisotopic (exact) mass is 305 g/mol. The highest BCUT2D eigenvalue weighted by molar-refractivity contribution is 5.74. The van der Waals surface area contributed by atoms with Crippen molar-refractivity contribution in [1.29, 1.82) is 0 Å². The predicted octanol–water partition coefficient (Wildman–Crippen LogP) is 2.86. The van der Waals surface area contributed by atoms with Crippen LogP contribution in [0.3, 0.4) is 0 Å². The van der Waals surface area contributed by atoms with Crippen LogP contribution >= 0.6 is 0 Å². The topological polar surface area (TPSA) is 35.6 Å². The summed E-state index contributed by atoms with van der Waals surface area (Å²) >= 11 is 0. The van der Waals surface area contributed by atoms with Crippen molar-refractivity contribution in [2.75, 3.05) is 33.7 Å². The molecular weight excluding hydrogens is 274 g/mol. The minimum Gasteiger partial charge on any atom is -0.335 e. The van der Waals surface area contributed by atoms with E-state index in [0.29, 0.717) is 11.5 Å². The van der Waals surface area contributed by atoms with Crippen LogP contribution in [0, 0.1) is 11.3 Å². The van der Waals surface area contributed by atoms with E-state index >= 15 is 0 Å². The van der Waals surface area contributed by atoms with Crippen LogP contribution in [-0.4, -0.2) is 55.6 Å². The zero-order valence-electron chi connectivity index (χ0n) is 14.2. The molecule has 0 unspecified atom stereocenters. The Bertz CT molecular complexity index is 416. The van der Waals surface area contributed by atoms with E-state index in [1.54, 1.807) is 4.90 Å². The second-order valence-corrected chi connectivity index (χ2v) is 7.90. The van der Waals surface area contributed by atoms with Gasteiger partial charge < -0.3 is 15.1 Å². The molecule has 0 radical (unpaired) electrons. The fourth-order valence-electron chi connectivity index (χ4n) is 4.40. The molecule has 1 aliphatic heterocycles. The molecule has 2 aliphatic carbocycles. The lowest BCUT2D eigenvalue weighted by molar-refractivity contribution is 0.00415. The Balaban J connectivity index is 1.38. The third-order valence-electron chi connectivity index (χ3n) is 5.90. The van der Waals surface area contributed by atoms with Crippen molar-refractivity contribution in [3.8, 4) is 0 Å². The van der Waals surface area contributed by atoms with Gasteiger partial charge in [-0.2, -0.15) is 0 Å². The van der Waals surface area contributed by atoms with E-state index in [9.17, 15) is 4.79 Å². The molecule has 0 aromatic rings. The largest absolute Gasteiger partial charge is 0.335 e. The van der Waals surface area contributed by atoms with Gasteiger partial charge in [0.05, 0.1) is 0 Å². The van der Waals surface area contributed by atoms with E-state index in [1.807, 2.05) is 14.1 Å². The number of hydrogen-bond donors (Lipinski definition) is 1. The third-order valence-corrected chi connectivity index (χ3v) is 5.90. The molecule has 1 saturated carbocycles. The maximum atomic E-state index is 11.7. The molecule has 2 fully saturated rings. The molecule has 1 atom stereocenters. The van der Waals surface area contributed by atoms with Gasteiger partial charge in [0, 0.05) is 26.7 Å². The number of nitrogens with zero attached hydrogens (tertiary/aromatic N) is 2. The smallest absolute Gasteiger partial charge is 0.317 e. The van der Waals surface area contributed by atoms with Crippen LogP contribution in [0.2, 0.25) is 0 Å². The van der Waals surface area contributed by atoms with Crippen molar-refractivity contribution in [3.63, 3.8) is 0 Å². The summed E-state index contributed by atoms with van der Waals surface area (Å²) in [6, 6.07) is 0.465. The molecule has 22 heavy (non-hydrogen) atoms. The number of allylic oxidation sites excluding steroid dienone is 2. The van der Waals surface area contributed by atoms with Gasteiger partial charge in [-0.05, 0) is 69.4 Å². The van der Waals surface area contributed by atoms with Crippen molar-refractivity contribution in [2.45, 2.75) is 51.0 Å². The van der Waals surface area contributed by atoms with Crippen LogP contribution < -0.4 is 5.32 Å². The minimum absolute atomic E-state index is 0.0580. The van der Waals surface area contributed by atoms with E-state index in [4.69, 9.17) is 0 Å². The Morgan fingerprint density at radius 2 is 2.00 bits per heavy atom. The number of carbonyl (C=O) groups excluding carboxylic acids is 1. The Hall–Kier alpha value is -1.03. The van der Waals surface area contributed by atoms with Gasteiger partial charge in [-0.25, -0.2) is 4.79 Å². The molecule has 4 heteroatoms. The van der Waals surface area contributed by atoms with Crippen LogP contribution in [-0.2, 0) is 0 Å². The molecule has 1 N–H and O–H groups in total. The first-order valence-electron chi connectivity index (χ1n) is 8.91.